The van der Waals surface area contributed by atoms with Gasteiger partial charge in [-0.1, -0.05) is 152 Å². The normalized spacial score (nSPS) is 13.8. The maximum atomic E-state index is 9.71. The molecular weight excluding hydrogens is 655 g/mol. The van der Waals surface area contributed by atoms with Gasteiger partial charge in [0.2, 0.25) is 0 Å². The van der Waals surface area contributed by atoms with E-state index in [4.69, 9.17) is 4.42 Å². The second-order valence-electron chi connectivity index (χ2n) is 13.4. The summed E-state index contributed by atoms with van der Waals surface area (Å²) in [5.74, 6) is 0. The van der Waals surface area contributed by atoms with Crippen LogP contribution in [-0.4, -0.2) is 0 Å². The first-order chi connectivity index (χ1) is 30.1. The van der Waals surface area contributed by atoms with E-state index in [0.717, 1.165) is 43.1 Å². The number of hydrogen-bond acceptors (Lipinski definition) is 2. The largest absolute Gasteiger partial charge is 0.455 e. The lowest BCUT2D eigenvalue weighted by atomic mass is 9.97. The highest BCUT2D eigenvalue weighted by Gasteiger charge is 2.21. The molecule has 54 heavy (non-hydrogen) atoms. The molecule has 1 aromatic heterocycles. The summed E-state index contributed by atoms with van der Waals surface area (Å²) < 4.78 is 83.4. The minimum Gasteiger partial charge on any atom is -0.455 e. The molecule has 10 aromatic carbocycles. The average Bonchev–Trinajstić information content (AvgIpc) is 3.70. The first kappa shape index (κ1) is 23.4. The Morgan fingerprint density at radius 1 is 0.389 bits per heavy atom. The molecule has 0 N–H and O–H groups in total. The van der Waals surface area contributed by atoms with Crippen molar-refractivity contribution in [2.75, 3.05) is 4.90 Å². The number of fused-ring (bicyclic) bond motifs is 9. The first-order valence-corrected chi connectivity index (χ1v) is 17.9. The highest BCUT2D eigenvalue weighted by atomic mass is 16.3. The van der Waals surface area contributed by atoms with Crippen molar-refractivity contribution in [2.45, 2.75) is 0 Å². The number of furan rings is 1. The summed E-state index contributed by atoms with van der Waals surface area (Å²) in [4.78, 5) is 1.37. The fraction of sp³-hybridized carbons (Fsp3) is 0. The molecule has 0 amide bonds. The van der Waals surface area contributed by atoms with Gasteiger partial charge in [-0.25, -0.2) is 0 Å². The number of benzene rings is 10. The van der Waals surface area contributed by atoms with Gasteiger partial charge in [0.15, 0.2) is 0 Å². The molecule has 0 saturated heterocycles. The Balaban J connectivity index is 1.21. The van der Waals surface area contributed by atoms with E-state index in [2.05, 4.69) is 0 Å². The van der Waals surface area contributed by atoms with Gasteiger partial charge >= 0.3 is 0 Å². The van der Waals surface area contributed by atoms with Crippen molar-refractivity contribution in [3.63, 3.8) is 0 Å². The van der Waals surface area contributed by atoms with Crippen molar-refractivity contribution in [1.82, 2.24) is 0 Å². The summed E-state index contributed by atoms with van der Waals surface area (Å²) in [7, 11) is 0. The number of anilines is 3. The Kier molecular flexibility index (Phi) is 5.30. The zero-order valence-corrected chi connectivity index (χ0v) is 28.8. The molecule has 2 heteroatoms. The number of nitrogens with zero attached hydrogens (tertiary/aromatic N) is 1. The maximum absolute atomic E-state index is 9.71. The fourth-order valence-electron chi connectivity index (χ4n) is 7.80. The quantitative estimate of drug-likeness (QED) is 0.167. The molecule has 1 heterocycles. The van der Waals surface area contributed by atoms with E-state index in [9.17, 15) is 11.0 Å². The molecule has 0 saturated carbocycles. The Labute approximate surface area is 324 Å². The summed E-state index contributed by atoms with van der Waals surface area (Å²) in [5, 5.41) is 8.71. The molecule has 11 aromatic rings. The Bertz CT molecular complexity index is 3650. The van der Waals surface area contributed by atoms with Crippen LogP contribution in [0.3, 0.4) is 0 Å². The van der Waals surface area contributed by atoms with Crippen LogP contribution in [0.5, 0.6) is 0 Å². The zero-order chi connectivity index (χ0) is 42.6. The van der Waals surface area contributed by atoms with Gasteiger partial charge < -0.3 is 9.32 Å². The van der Waals surface area contributed by atoms with Gasteiger partial charge in [-0.3, -0.25) is 0 Å². The van der Waals surface area contributed by atoms with Crippen molar-refractivity contribution in [2.24, 2.45) is 0 Å². The lowest BCUT2D eigenvalue weighted by Gasteiger charge is -2.27. The summed E-state index contributed by atoms with van der Waals surface area (Å²) in [6.45, 7) is 0. The molecule has 252 valence electrons. The molecule has 0 aliphatic rings. The summed E-state index contributed by atoms with van der Waals surface area (Å²) in [6.07, 6.45) is 0. The Morgan fingerprint density at radius 2 is 0.944 bits per heavy atom. The SMILES string of the molecule is [2H]c1c([2H])c(N(c2c([2H])c([2H])c(-c3cccc4ccccc34)c([2H])c2[2H])c2cccc3oc4c5ccccc5ccc4c23)c([2H])c([2H])c1-c1ccc2c(ccc3ccccc32)c1. The molecule has 11 rings (SSSR count). The first-order valence-electron chi connectivity index (χ1n) is 21.9. The molecule has 0 spiro atoms. The molecule has 0 radical (unpaired) electrons. The minimum atomic E-state index is -0.412. The maximum Gasteiger partial charge on any atom is 0.143 e. The van der Waals surface area contributed by atoms with E-state index in [1.54, 1.807) is 24.3 Å². The third kappa shape index (κ3) is 4.88. The number of rotatable bonds is 5. The van der Waals surface area contributed by atoms with Crippen molar-refractivity contribution < 1.29 is 15.4 Å². The Hall–Kier alpha value is -7.16. The van der Waals surface area contributed by atoms with Crippen LogP contribution < -0.4 is 4.90 Å². The average molecular weight is 696 g/mol. The minimum absolute atomic E-state index is 0.100. The third-order valence-electron chi connectivity index (χ3n) is 10.4. The van der Waals surface area contributed by atoms with Crippen LogP contribution >= 0.6 is 0 Å². The smallest absolute Gasteiger partial charge is 0.143 e. The summed E-state index contributed by atoms with van der Waals surface area (Å²) >= 11 is 0. The van der Waals surface area contributed by atoms with E-state index in [0.29, 0.717) is 38.8 Å². The van der Waals surface area contributed by atoms with E-state index in [1.807, 2.05) is 127 Å². The van der Waals surface area contributed by atoms with Gasteiger partial charge in [-0.15, -0.1) is 0 Å². The van der Waals surface area contributed by atoms with Crippen LogP contribution in [0.2, 0.25) is 0 Å². The van der Waals surface area contributed by atoms with E-state index in [-0.39, 0.29) is 46.7 Å². The second kappa shape index (κ2) is 12.2. The van der Waals surface area contributed by atoms with Crippen LogP contribution in [0.4, 0.5) is 17.1 Å². The van der Waals surface area contributed by atoms with Crippen LogP contribution in [0.1, 0.15) is 11.0 Å². The van der Waals surface area contributed by atoms with Gasteiger partial charge in [-0.2, -0.15) is 0 Å². The van der Waals surface area contributed by atoms with E-state index < -0.39 is 24.2 Å². The van der Waals surface area contributed by atoms with Crippen molar-refractivity contribution >= 4 is 82.1 Å². The highest BCUT2D eigenvalue weighted by molar-refractivity contribution is 6.19. The molecule has 0 atom stereocenters. The molecule has 0 aliphatic carbocycles. The zero-order valence-electron chi connectivity index (χ0n) is 36.8. The van der Waals surface area contributed by atoms with Crippen LogP contribution in [0.25, 0.3) is 87.3 Å². The van der Waals surface area contributed by atoms with Crippen molar-refractivity contribution in [3.05, 3.63) is 200 Å². The standard InChI is InChI=1S/C52H33NO/c1-4-13-43-35(9-1)12-7-16-45(43)38-23-29-42(30-24-38)53(49-17-8-18-50-51(49)48-32-25-37-11-3-6-15-47(37)52(48)54-50)41-27-21-34(22-28-41)39-26-31-46-40(33-39)20-19-36-10-2-5-14-44(36)46/h1-33H/i21D,22D,23D,24D,27D,28D,29D,30D. The van der Waals surface area contributed by atoms with Gasteiger partial charge in [-0.05, 0) is 108 Å². The lowest BCUT2D eigenvalue weighted by Crippen LogP contribution is -2.10. The molecule has 0 fully saturated rings. The summed E-state index contributed by atoms with van der Waals surface area (Å²) in [6, 6.07) is 44.9. The lowest BCUT2D eigenvalue weighted by molar-refractivity contribution is 0.672. The monoisotopic (exact) mass is 695 g/mol. The molecule has 0 unspecified atom stereocenters. The van der Waals surface area contributed by atoms with Gasteiger partial charge in [0, 0.05) is 22.1 Å². The molecular formula is C52H33NO. The summed E-state index contributed by atoms with van der Waals surface area (Å²) in [5.41, 5.74) is 2.15. The van der Waals surface area contributed by atoms with Crippen molar-refractivity contribution in [1.29, 1.82) is 0 Å². The topological polar surface area (TPSA) is 16.4 Å². The van der Waals surface area contributed by atoms with Crippen molar-refractivity contribution in [3.8, 4) is 22.3 Å². The molecule has 0 bridgehead atoms. The second-order valence-corrected chi connectivity index (χ2v) is 13.4. The van der Waals surface area contributed by atoms with Gasteiger partial charge in [0.1, 0.15) is 11.2 Å². The van der Waals surface area contributed by atoms with Crippen LogP contribution in [0.15, 0.2) is 204 Å². The van der Waals surface area contributed by atoms with E-state index >= 15 is 0 Å². The van der Waals surface area contributed by atoms with Gasteiger partial charge in [0.05, 0.1) is 22.0 Å². The Morgan fingerprint density at radius 3 is 1.72 bits per heavy atom. The van der Waals surface area contributed by atoms with Crippen LogP contribution in [-0.2, 0) is 0 Å². The molecule has 0 aliphatic heterocycles. The van der Waals surface area contributed by atoms with Gasteiger partial charge in [0.25, 0.3) is 0 Å². The predicted molar refractivity (Wildman–Crippen MR) is 229 cm³/mol. The number of hydrogen-bond donors (Lipinski definition) is 0. The fourth-order valence-corrected chi connectivity index (χ4v) is 7.80. The highest BCUT2D eigenvalue weighted by Crippen LogP contribution is 2.45. The predicted octanol–water partition coefficient (Wildman–Crippen LogP) is 15.0. The molecule has 2 nitrogen and oxygen atoms in total. The van der Waals surface area contributed by atoms with E-state index in [1.165, 1.54) is 4.90 Å². The third-order valence-corrected chi connectivity index (χ3v) is 10.4. The van der Waals surface area contributed by atoms with Crippen LogP contribution in [0, 0.1) is 0 Å².